The molecule has 0 bridgehead atoms. The summed E-state index contributed by atoms with van der Waals surface area (Å²) >= 11 is 6.86. The summed E-state index contributed by atoms with van der Waals surface area (Å²) in [5, 5.41) is 0. The normalized spacial score (nSPS) is 11.5. The van der Waals surface area contributed by atoms with Crippen LogP contribution in [0.15, 0.2) is 60.7 Å². The van der Waals surface area contributed by atoms with Crippen LogP contribution in [-0.2, 0) is 19.1 Å². The third-order valence-corrected chi connectivity index (χ3v) is 10.3. The Balaban J connectivity index is 1.36. The van der Waals surface area contributed by atoms with Gasteiger partial charge in [-0.25, -0.2) is 9.59 Å². The van der Waals surface area contributed by atoms with Gasteiger partial charge in [0.25, 0.3) is 0 Å². The van der Waals surface area contributed by atoms with Crippen LogP contribution in [0.4, 0.5) is 0 Å². The lowest BCUT2D eigenvalue weighted by atomic mass is 10.3. The van der Waals surface area contributed by atoms with Crippen LogP contribution in [0, 0.1) is 0 Å². The number of hydrogen-bond donors (Lipinski definition) is 0. The number of thiophene rings is 4. The smallest absolute Gasteiger partial charge is 0.330 e. The van der Waals surface area contributed by atoms with Crippen molar-refractivity contribution in [2.75, 3.05) is 13.2 Å². The Hall–Kier alpha value is -2.78. The van der Waals surface area contributed by atoms with Gasteiger partial charge in [0.15, 0.2) is 0 Å². The van der Waals surface area contributed by atoms with E-state index in [2.05, 4.69) is 50.2 Å². The molecule has 0 unspecified atom stereocenters. The largest absolute Gasteiger partial charge is 0.463 e. The molecular formula is C30H30O4S4. The second-order valence-electron chi connectivity index (χ2n) is 8.44. The fraction of sp³-hybridized carbons (Fsp3) is 0.267. The molecule has 38 heavy (non-hydrogen) atoms. The second kappa shape index (κ2) is 14.4. The Labute approximate surface area is 239 Å². The first-order valence-corrected chi connectivity index (χ1v) is 15.9. The third-order valence-electron chi connectivity index (χ3n) is 5.45. The summed E-state index contributed by atoms with van der Waals surface area (Å²) in [5.41, 5.74) is 0. The Bertz CT molecular complexity index is 1290. The van der Waals surface area contributed by atoms with Gasteiger partial charge in [-0.3, -0.25) is 0 Å². The number of esters is 2. The van der Waals surface area contributed by atoms with Gasteiger partial charge in [0.2, 0.25) is 0 Å². The summed E-state index contributed by atoms with van der Waals surface area (Å²) in [6, 6.07) is 16.9. The monoisotopic (exact) mass is 582 g/mol. The molecule has 0 aliphatic carbocycles. The van der Waals surface area contributed by atoms with Crippen LogP contribution in [0.1, 0.15) is 49.3 Å². The molecule has 8 heteroatoms. The summed E-state index contributed by atoms with van der Waals surface area (Å²) in [6.07, 6.45) is 10.4. The minimum Gasteiger partial charge on any atom is -0.463 e. The maximum Gasteiger partial charge on any atom is 0.330 e. The topological polar surface area (TPSA) is 52.6 Å². The number of unbranched alkanes of at least 4 members (excludes halogenated alkanes) is 2. The first kappa shape index (κ1) is 28.2. The van der Waals surface area contributed by atoms with Gasteiger partial charge in [0, 0.05) is 51.2 Å². The van der Waals surface area contributed by atoms with Crippen molar-refractivity contribution in [3.63, 3.8) is 0 Å². The van der Waals surface area contributed by atoms with Gasteiger partial charge in [0.05, 0.1) is 13.2 Å². The standard InChI is InChI=1S/C30H30O4S4/c1-3-5-19-33-29(31)17-9-21-7-11-23(35-21)25-13-15-27(37-25)28-16-14-26(38-28)24-12-8-22(36-24)10-18-30(32)34-20-6-4-2/h7-18H,3-6,19-20H2,1-2H3/b17-9+,18-10+. The average molecular weight is 583 g/mol. The van der Waals surface area contributed by atoms with Crippen LogP contribution in [0.2, 0.25) is 0 Å². The van der Waals surface area contributed by atoms with E-state index in [1.54, 1.807) is 45.3 Å². The van der Waals surface area contributed by atoms with Crippen LogP contribution in [0.25, 0.3) is 41.4 Å². The summed E-state index contributed by atoms with van der Waals surface area (Å²) in [4.78, 5) is 32.9. The molecule has 4 rings (SSSR count). The lowest BCUT2D eigenvalue weighted by molar-refractivity contribution is -0.138. The Kier molecular flexibility index (Phi) is 10.7. The van der Waals surface area contributed by atoms with E-state index >= 15 is 0 Å². The zero-order chi connectivity index (χ0) is 26.7. The zero-order valence-corrected chi connectivity index (χ0v) is 24.7. The molecule has 0 spiro atoms. The molecule has 4 heterocycles. The van der Waals surface area contributed by atoms with Crippen LogP contribution in [0.5, 0.6) is 0 Å². The molecule has 0 aliphatic heterocycles. The second-order valence-corrected chi connectivity index (χ2v) is 12.8. The molecule has 0 saturated heterocycles. The Morgan fingerprint density at radius 1 is 0.579 bits per heavy atom. The summed E-state index contributed by atoms with van der Waals surface area (Å²) in [6.45, 7) is 5.08. The van der Waals surface area contributed by atoms with Gasteiger partial charge in [0.1, 0.15) is 0 Å². The van der Waals surface area contributed by atoms with Crippen LogP contribution in [-0.4, -0.2) is 25.2 Å². The van der Waals surface area contributed by atoms with E-state index in [1.165, 1.54) is 41.4 Å². The van der Waals surface area contributed by atoms with Crippen molar-refractivity contribution in [1.82, 2.24) is 0 Å². The van der Waals surface area contributed by atoms with Crippen molar-refractivity contribution >= 4 is 69.4 Å². The molecule has 198 valence electrons. The zero-order valence-electron chi connectivity index (χ0n) is 21.4. The highest BCUT2D eigenvalue weighted by atomic mass is 32.1. The molecule has 4 nitrogen and oxygen atoms in total. The van der Waals surface area contributed by atoms with E-state index in [-0.39, 0.29) is 11.9 Å². The van der Waals surface area contributed by atoms with Gasteiger partial charge in [-0.05, 0) is 73.5 Å². The quantitative estimate of drug-likeness (QED) is 0.0895. The highest BCUT2D eigenvalue weighted by Gasteiger charge is 2.11. The van der Waals surface area contributed by atoms with Crippen molar-refractivity contribution in [3.05, 3.63) is 70.4 Å². The highest BCUT2D eigenvalue weighted by molar-refractivity contribution is 7.28. The van der Waals surface area contributed by atoms with E-state index in [1.807, 2.05) is 24.3 Å². The molecule has 0 atom stereocenters. The molecule has 0 fully saturated rings. The number of ether oxygens (including phenoxy) is 2. The lowest BCUT2D eigenvalue weighted by Crippen LogP contribution is -2.01. The van der Waals surface area contributed by atoms with Crippen molar-refractivity contribution < 1.29 is 19.1 Å². The fourth-order valence-electron chi connectivity index (χ4n) is 3.39. The number of hydrogen-bond acceptors (Lipinski definition) is 8. The molecule has 4 aromatic rings. The highest BCUT2D eigenvalue weighted by Crippen LogP contribution is 2.43. The van der Waals surface area contributed by atoms with Gasteiger partial charge >= 0.3 is 11.9 Å². The van der Waals surface area contributed by atoms with E-state index in [0.29, 0.717) is 13.2 Å². The molecule has 0 radical (unpaired) electrons. The Morgan fingerprint density at radius 3 is 1.29 bits per heavy atom. The van der Waals surface area contributed by atoms with E-state index < -0.39 is 0 Å². The fourth-order valence-corrected chi connectivity index (χ4v) is 7.49. The Morgan fingerprint density at radius 2 is 0.921 bits per heavy atom. The molecule has 0 aliphatic rings. The molecule has 0 saturated carbocycles. The van der Waals surface area contributed by atoms with Crippen molar-refractivity contribution in [3.8, 4) is 29.3 Å². The maximum atomic E-state index is 11.8. The minimum atomic E-state index is -0.292. The first-order chi connectivity index (χ1) is 18.6. The van der Waals surface area contributed by atoms with Crippen LogP contribution >= 0.6 is 45.3 Å². The van der Waals surface area contributed by atoms with E-state index in [9.17, 15) is 9.59 Å². The van der Waals surface area contributed by atoms with Gasteiger partial charge in [-0.1, -0.05) is 26.7 Å². The lowest BCUT2D eigenvalue weighted by Gasteiger charge is -1.98. The molecule has 0 N–H and O–H groups in total. The maximum absolute atomic E-state index is 11.8. The van der Waals surface area contributed by atoms with Gasteiger partial charge in [-0.15, -0.1) is 45.3 Å². The summed E-state index contributed by atoms with van der Waals surface area (Å²) in [7, 11) is 0. The summed E-state index contributed by atoms with van der Waals surface area (Å²) < 4.78 is 10.4. The molecular weight excluding hydrogens is 553 g/mol. The third kappa shape index (κ3) is 8.11. The molecule has 0 amide bonds. The van der Waals surface area contributed by atoms with Gasteiger partial charge in [-0.2, -0.15) is 0 Å². The predicted octanol–water partition coefficient (Wildman–Crippen LogP) is 9.65. The van der Waals surface area contributed by atoms with Crippen molar-refractivity contribution in [2.24, 2.45) is 0 Å². The van der Waals surface area contributed by atoms with E-state index in [4.69, 9.17) is 9.47 Å². The molecule has 0 aromatic carbocycles. The van der Waals surface area contributed by atoms with Crippen LogP contribution in [0.3, 0.4) is 0 Å². The van der Waals surface area contributed by atoms with Crippen molar-refractivity contribution in [1.29, 1.82) is 0 Å². The number of carbonyl (C=O) groups is 2. The predicted molar refractivity (Wildman–Crippen MR) is 164 cm³/mol. The van der Waals surface area contributed by atoms with Crippen LogP contribution < -0.4 is 0 Å². The van der Waals surface area contributed by atoms with E-state index in [0.717, 1.165) is 35.4 Å². The number of carbonyl (C=O) groups excluding carboxylic acids is 2. The summed E-state index contributed by atoms with van der Waals surface area (Å²) in [5.74, 6) is -0.585. The number of rotatable bonds is 13. The van der Waals surface area contributed by atoms with Crippen molar-refractivity contribution in [2.45, 2.75) is 39.5 Å². The minimum absolute atomic E-state index is 0.292. The van der Waals surface area contributed by atoms with Gasteiger partial charge < -0.3 is 9.47 Å². The SMILES string of the molecule is CCCCOC(=O)/C=C/c1ccc(-c2ccc(-c3ccc(-c4ccc(/C=C/C(=O)OCCCC)s4)s3)s2)s1. The average Bonchev–Trinajstić information content (AvgIpc) is 3.72. The first-order valence-electron chi connectivity index (χ1n) is 12.7. The molecule has 4 aromatic heterocycles.